The third kappa shape index (κ3) is 1.99. The van der Waals surface area contributed by atoms with Crippen LogP contribution in [-0.2, 0) is 9.53 Å². The van der Waals surface area contributed by atoms with Crippen molar-refractivity contribution in [1.82, 2.24) is 5.32 Å². The Balaban J connectivity index is 2.07. The van der Waals surface area contributed by atoms with Gasteiger partial charge < -0.3 is 4.74 Å². The molecule has 0 saturated carbocycles. The second-order valence-corrected chi connectivity index (χ2v) is 4.94. The molecule has 0 aromatic carbocycles. The minimum atomic E-state index is -0.748. The van der Waals surface area contributed by atoms with E-state index in [2.05, 4.69) is 16.1 Å². The number of allylic oxidation sites excluding steroid dienone is 2. The summed E-state index contributed by atoms with van der Waals surface area (Å²) < 4.78 is 4.62. The van der Waals surface area contributed by atoms with Gasteiger partial charge in [-0.2, -0.15) is 5.26 Å². The van der Waals surface area contributed by atoms with Crippen LogP contribution >= 0.6 is 11.8 Å². The quantitative estimate of drug-likeness (QED) is 0.719. The molecule has 1 heterocycles. The largest absolute Gasteiger partial charge is 0.468 e. The Bertz CT molecular complexity index is 366. The number of rotatable bonds is 2. The summed E-state index contributed by atoms with van der Waals surface area (Å²) in [4.78, 5) is 11.4. The highest BCUT2D eigenvalue weighted by Crippen LogP contribution is 2.34. The molecule has 0 aromatic rings. The van der Waals surface area contributed by atoms with Crippen molar-refractivity contribution in [3.63, 3.8) is 0 Å². The fourth-order valence-electron chi connectivity index (χ4n) is 1.81. The van der Waals surface area contributed by atoms with Crippen molar-refractivity contribution in [3.8, 4) is 6.07 Å². The van der Waals surface area contributed by atoms with Gasteiger partial charge in [-0.25, -0.2) is 0 Å². The first kappa shape index (κ1) is 11.2. The van der Waals surface area contributed by atoms with Crippen LogP contribution in [-0.4, -0.2) is 29.7 Å². The third-order valence-electron chi connectivity index (χ3n) is 2.64. The normalized spacial score (nSPS) is 32.9. The van der Waals surface area contributed by atoms with E-state index in [1.165, 1.54) is 7.11 Å². The van der Waals surface area contributed by atoms with Gasteiger partial charge >= 0.3 is 5.97 Å². The molecule has 4 unspecified atom stereocenters. The number of thioether (sulfide) groups is 1. The SMILES string of the molecule is COC(=O)C(C#N)C1NC2C=CC=CC2S1. The number of nitrogens with zero attached hydrogens (tertiary/aromatic N) is 1. The van der Waals surface area contributed by atoms with E-state index in [-0.39, 0.29) is 11.4 Å². The number of ether oxygens (including phenoxy) is 1. The highest BCUT2D eigenvalue weighted by atomic mass is 32.2. The van der Waals surface area contributed by atoms with Gasteiger partial charge in [0.05, 0.1) is 18.6 Å². The van der Waals surface area contributed by atoms with Gasteiger partial charge in [-0.1, -0.05) is 24.3 Å². The summed E-state index contributed by atoms with van der Waals surface area (Å²) >= 11 is 1.60. The van der Waals surface area contributed by atoms with Crippen LogP contribution in [0.25, 0.3) is 0 Å². The number of nitriles is 1. The Kier molecular flexibility index (Phi) is 3.32. The lowest BCUT2D eigenvalue weighted by atomic mass is 10.1. The number of fused-ring (bicyclic) bond motifs is 1. The maximum atomic E-state index is 11.4. The number of methoxy groups -OCH3 is 1. The van der Waals surface area contributed by atoms with E-state index in [4.69, 9.17) is 5.26 Å². The lowest BCUT2D eigenvalue weighted by molar-refractivity contribution is -0.143. The summed E-state index contributed by atoms with van der Waals surface area (Å²) in [7, 11) is 1.30. The third-order valence-corrected chi connectivity index (χ3v) is 4.11. The van der Waals surface area contributed by atoms with Gasteiger partial charge in [-0.15, -0.1) is 11.8 Å². The Hall–Kier alpha value is -1.25. The van der Waals surface area contributed by atoms with Gasteiger partial charge in [0.1, 0.15) is 0 Å². The number of hydrogen-bond acceptors (Lipinski definition) is 5. The molecule has 1 fully saturated rings. The molecule has 1 aliphatic carbocycles. The van der Waals surface area contributed by atoms with Crippen molar-refractivity contribution >= 4 is 17.7 Å². The summed E-state index contributed by atoms with van der Waals surface area (Å²) in [5, 5.41) is 12.3. The van der Waals surface area contributed by atoms with E-state index >= 15 is 0 Å². The van der Waals surface area contributed by atoms with E-state index in [0.29, 0.717) is 5.25 Å². The maximum absolute atomic E-state index is 11.4. The molecule has 4 atom stereocenters. The molecular weight excluding hydrogens is 224 g/mol. The van der Waals surface area contributed by atoms with E-state index in [1.807, 2.05) is 24.3 Å². The summed E-state index contributed by atoms with van der Waals surface area (Å²) in [6.07, 6.45) is 8.08. The molecule has 2 aliphatic rings. The zero-order valence-corrected chi connectivity index (χ0v) is 9.61. The van der Waals surface area contributed by atoms with E-state index in [1.54, 1.807) is 11.8 Å². The molecule has 0 radical (unpaired) electrons. The van der Waals surface area contributed by atoms with Crippen LogP contribution in [0.5, 0.6) is 0 Å². The second kappa shape index (κ2) is 4.73. The summed E-state index contributed by atoms with van der Waals surface area (Å²) in [5.74, 6) is -1.22. The highest BCUT2D eigenvalue weighted by molar-refractivity contribution is 8.01. The van der Waals surface area contributed by atoms with Gasteiger partial charge in [-0.3, -0.25) is 10.1 Å². The lowest BCUT2D eigenvalue weighted by Crippen LogP contribution is -2.38. The first-order valence-corrected chi connectivity index (χ1v) is 5.94. The molecule has 84 valence electrons. The Morgan fingerprint density at radius 2 is 2.31 bits per heavy atom. The Labute approximate surface area is 98.3 Å². The first-order chi connectivity index (χ1) is 7.76. The average Bonchev–Trinajstić information content (AvgIpc) is 2.72. The van der Waals surface area contributed by atoms with Crippen molar-refractivity contribution in [2.45, 2.75) is 16.7 Å². The van der Waals surface area contributed by atoms with Crippen molar-refractivity contribution in [1.29, 1.82) is 5.26 Å². The molecule has 16 heavy (non-hydrogen) atoms. The van der Waals surface area contributed by atoms with Gasteiger partial charge in [0.2, 0.25) is 0 Å². The fourth-order valence-corrected chi connectivity index (χ4v) is 3.23. The minimum Gasteiger partial charge on any atom is -0.468 e. The average molecular weight is 236 g/mol. The number of carbonyl (C=O) groups excluding carboxylic acids is 1. The maximum Gasteiger partial charge on any atom is 0.325 e. The smallest absolute Gasteiger partial charge is 0.325 e. The summed E-state index contributed by atoms with van der Waals surface area (Å²) in [6, 6.07) is 2.21. The molecule has 0 amide bonds. The second-order valence-electron chi connectivity index (χ2n) is 3.61. The van der Waals surface area contributed by atoms with Gasteiger partial charge in [0.25, 0.3) is 0 Å². The van der Waals surface area contributed by atoms with Crippen molar-refractivity contribution in [2.24, 2.45) is 5.92 Å². The topological polar surface area (TPSA) is 62.1 Å². The minimum absolute atomic E-state index is 0.195. The van der Waals surface area contributed by atoms with Crippen LogP contribution < -0.4 is 5.32 Å². The van der Waals surface area contributed by atoms with Crippen LogP contribution in [0, 0.1) is 17.2 Å². The number of carbonyl (C=O) groups is 1. The Morgan fingerprint density at radius 3 is 2.94 bits per heavy atom. The van der Waals surface area contributed by atoms with Gasteiger partial charge in [0, 0.05) is 11.3 Å². The molecule has 1 saturated heterocycles. The predicted molar refractivity (Wildman–Crippen MR) is 61.5 cm³/mol. The molecule has 0 bridgehead atoms. The number of nitrogens with one attached hydrogen (secondary N) is 1. The van der Waals surface area contributed by atoms with E-state index in [9.17, 15) is 4.79 Å². The first-order valence-electron chi connectivity index (χ1n) is 5.00. The predicted octanol–water partition coefficient (Wildman–Crippen LogP) is 0.825. The molecule has 2 rings (SSSR count). The molecule has 0 aromatic heterocycles. The zero-order valence-electron chi connectivity index (χ0n) is 8.79. The molecule has 1 aliphatic heterocycles. The number of esters is 1. The molecule has 1 N–H and O–H groups in total. The van der Waals surface area contributed by atoms with Crippen LogP contribution in [0.1, 0.15) is 0 Å². The fraction of sp³-hybridized carbons (Fsp3) is 0.455. The molecular formula is C11H12N2O2S. The summed E-state index contributed by atoms with van der Waals surface area (Å²) in [6.45, 7) is 0. The van der Waals surface area contributed by atoms with Crippen LogP contribution in [0.4, 0.5) is 0 Å². The Morgan fingerprint density at radius 1 is 1.56 bits per heavy atom. The number of hydrogen-bond donors (Lipinski definition) is 1. The van der Waals surface area contributed by atoms with Gasteiger partial charge in [0.15, 0.2) is 5.92 Å². The summed E-state index contributed by atoms with van der Waals surface area (Å²) in [5.41, 5.74) is 0. The van der Waals surface area contributed by atoms with E-state index in [0.717, 1.165) is 0 Å². The molecule has 0 spiro atoms. The van der Waals surface area contributed by atoms with E-state index < -0.39 is 11.9 Å². The zero-order chi connectivity index (χ0) is 11.5. The van der Waals surface area contributed by atoms with Crippen molar-refractivity contribution in [2.75, 3.05) is 7.11 Å². The van der Waals surface area contributed by atoms with Crippen LogP contribution in [0.3, 0.4) is 0 Å². The molecule has 5 heteroatoms. The van der Waals surface area contributed by atoms with Crippen LogP contribution in [0.15, 0.2) is 24.3 Å². The standard InChI is InChI=1S/C11H12N2O2S/c1-15-11(14)7(6-12)10-13-8-4-2-3-5-9(8)16-10/h2-5,7-10,13H,1H3. The highest BCUT2D eigenvalue weighted by Gasteiger charge is 2.40. The van der Waals surface area contributed by atoms with Gasteiger partial charge in [-0.05, 0) is 0 Å². The molecule has 4 nitrogen and oxygen atoms in total. The lowest BCUT2D eigenvalue weighted by Gasteiger charge is -2.14. The van der Waals surface area contributed by atoms with Crippen LogP contribution in [0.2, 0.25) is 0 Å². The monoisotopic (exact) mass is 236 g/mol. The van der Waals surface area contributed by atoms with Crippen molar-refractivity contribution in [3.05, 3.63) is 24.3 Å². The van der Waals surface area contributed by atoms with Crippen molar-refractivity contribution < 1.29 is 9.53 Å².